The van der Waals surface area contributed by atoms with Gasteiger partial charge in [-0.15, -0.1) is 0 Å². The molecule has 0 aromatic heterocycles. The quantitative estimate of drug-likeness (QED) is 0.564. The van der Waals surface area contributed by atoms with Gasteiger partial charge >= 0.3 is 0 Å². The number of piperidine rings is 1. The number of benzene rings is 3. The molecule has 1 fully saturated rings. The van der Waals surface area contributed by atoms with Gasteiger partial charge in [0, 0.05) is 24.8 Å². The van der Waals surface area contributed by atoms with Crippen molar-refractivity contribution in [1.82, 2.24) is 4.90 Å². The molecule has 0 radical (unpaired) electrons. The second-order valence-electron chi connectivity index (χ2n) is 8.26. The minimum absolute atomic E-state index is 0.0943. The third-order valence-electron chi connectivity index (χ3n) is 6.42. The molecule has 0 bridgehead atoms. The first-order valence-electron chi connectivity index (χ1n) is 10.9. The zero-order chi connectivity index (χ0) is 22.0. The van der Waals surface area contributed by atoms with Crippen molar-refractivity contribution in [1.29, 1.82) is 0 Å². The fourth-order valence-electron chi connectivity index (χ4n) is 4.70. The smallest absolute Gasteiger partial charge is 0.231 e. The van der Waals surface area contributed by atoms with Crippen molar-refractivity contribution in [3.63, 3.8) is 0 Å². The second-order valence-corrected chi connectivity index (χ2v) is 8.64. The minimum Gasteiger partial charge on any atom is -0.454 e. The molecule has 2 aliphatic heterocycles. The van der Waals surface area contributed by atoms with E-state index < -0.39 is 5.60 Å². The van der Waals surface area contributed by atoms with E-state index in [1.54, 1.807) is 0 Å². The number of hydrogen-bond acceptors (Lipinski definition) is 4. The molecule has 1 saturated heterocycles. The first-order chi connectivity index (χ1) is 15.6. The average molecular weight is 447 g/mol. The summed E-state index contributed by atoms with van der Waals surface area (Å²) in [6, 6.07) is 25.7. The normalized spacial score (nSPS) is 16.1. The maximum absolute atomic E-state index is 12.0. The van der Waals surface area contributed by atoms with Crippen LogP contribution in [0.2, 0.25) is 0 Å². The van der Waals surface area contributed by atoms with Crippen molar-refractivity contribution in [3.05, 3.63) is 90.0 Å². The van der Waals surface area contributed by atoms with Crippen molar-refractivity contribution in [3.8, 4) is 11.5 Å². The van der Waals surface area contributed by atoms with Crippen LogP contribution in [-0.4, -0.2) is 35.0 Å². The van der Waals surface area contributed by atoms with Crippen LogP contribution in [0.4, 0.5) is 5.69 Å². The molecule has 3 aromatic carbocycles. The van der Waals surface area contributed by atoms with Gasteiger partial charge in [0.15, 0.2) is 16.6 Å². The molecule has 0 aliphatic carbocycles. The Bertz CT molecular complexity index is 1040. The van der Waals surface area contributed by atoms with E-state index in [2.05, 4.69) is 10.2 Å². The zero-order valence-electron chi connectivity index (χ0n) is 17.7. The fourth-order valence-corrected chi connectivity index (χ4v) is 5.00. The molecule has 5 nitrogen and oxygen atoms in total. The van der Waals surface area contributed by atoms with Gasteiger partial charge in [-0.25, -0.2) is 0 Å². The van der Waals surface area contributed by atoms with E-state index in [9.17, 15) is 5.11 Å². The van der Waals surface area contributed by atoms with E-state index in [-0.39, 0.29) is 12.7 Å². The molecule has 5 rings (SSSR count). The lowest BCUT2D eigenvalue weighted by molar-refractivity contribution is -0.00631. The first-order valence-corrected chi connectivity index (χ1v) is 11.3. The van der Waals surface area contributed by atoms with Crippen molar-refractivity contribution < 1.29 is 14.6 Å². The van der Waals surface area contributed by atoms with Gasteiger partial charge in [-0.05, 0) is 54.2 Å². The Morgan fingerprint density at radius 1 is 0.875 bits per heavy atom. The van der Waals surface area contributed by atoms with E-state index in [1.165, 1.54) is 0 Å². The summed E-state index contributed by atoms with van der Waals surface area (Å²) in [4.78, 5) is 2.17. The molecule has 2 heterocycles. The van der Waals surface area contributed by atoms with Crippen LogP contribution in [0, 0.1) is 5.92 Å². The molecule has 2 N–H and O–H groups in total. The number of anilines is 1. The van der Waals surface area contributed by atoms with Crippen LogP contribution in [0.5, 0.6) is 11.5 Å². The number of ether oxygens (including phenoxy) is 2. The standard InChI is InChI=1S/C26H26N2O3S/c29-26(19-7-3-1-4-8-19,20-9-5-2-6-10-20)21-13-15-28(16-14-21)25(32)27-22-11-12-23-24(17-22)31-18-30-23/h1-12,17,21,29H,13-16,18H2,(H,27,32). The van der Waals surface area contributed by atoms with Gasteiger partial charge in [0.1, 0.15) is 5.60 Å². The Morgan fingerprint density at radius 2 is 1.47 bits per heavy atom. The van der Waals surface area contributed by atoms with Gasteiger partial charge in [0.05, 0.1) is 0 Å². The van der Waals surface area contributed by atoms with Gasteiger partial charge < -0.3 is 24.8 Å². The second kappa shape index (κ2) is 8.81. The predicted molar refractivity (Wildman–Crippen MR) is 129 cm³/mol. The van der Waals surface area contributed by atoms with E-state index >= 15 is 0 Å². The number of nitrogens with one attached hydrogen (secondary N) is 1. The van der Waals surface area contributed by atoms with Crippen molar-refractivity contribution in [2.24, 2.45) is 5.92 Å². The average Bonchev–Trinajstić information content (AvgIpc) is 3.33. The highest BCUT2D eigenvalue weighted by atomic mass is 32.1. The van der Waals surface area contributed by atoms with Gasteiger partial charge in [-0.1, -0.05) is 60.7 Å². The monoisotopic (exact) mass is 446 g/mol. The largest absolute Gasteiger partial charge is 0.454 e. The van der Waals surface area contributed by atoms with E-state index in [1.807, 2.05) is 78.9 Å². The number of likely N-dealkylation sites (tertiary alicyclic amines) is 1. The molecule has 3 aromatic rings. The zero-order valence-corrected chi connectivity index (χ0v) is 18.6. The lowest BCUT2D eigenvalue weighted by Crippen LogP contribution is -2.47. The van der Waals surface area contributed by atoms with Crippen molar-refractivity contribution in [2.75, 3.05) is 25.2 Å². The highest BCUT2D eigenvalue weighted by molar-refractivity contribution is 7.80. The Morgan fingerprint density at radius 3 is 2.09 bits per heavy atom. The van der Waals surface area contributed by atoms with Crippen LogP contribution in [0.15, 0.2) is 78.9 Å². The van der Waals surface area contributed by atoms with E-state index in [0.717, 1.165) is 54.2 Å². The summed E-state index contributed by atoms with van der Waals surface area (Å²) in [5.41, 5.74) is 1.73. The number of fused-ring (bicyclic) bond motifs is 1. The molecular formula is C26H26N2O3S. The Kier molecular flexibility index (Phi) is 5.72. The summed E-state index contributed by atoms with van der Waals surface area (Å²) in [7, 11) is 0. The van der Waals surface area contributed by atoms with Crippen LogP contribution in [0.25, 0.3) is 0 Å². The number of nitrogens with zero attached hydrogens (tertiary/aromatic N) is 1. The van der Waals surface area contributed by atoms with Crippen LogP contribution in [0.1, 0.15) is 24.0 Å². The Labute approximate surface area is 193 Å². The summed E-state index contributed by atoms with van der Waals surface area (Å²) in [6.45, 7) is 1.81. The summed E-state index contributed by atoms with van der Waals surface area (Å²) >= 11 is 5.68. The highest BCUT2D eigenvalue weighted by Gasteiger charge is 2.41. The summed E-state index contributed by atoms with van der Waals surface area (Å²) in [6.07, 6.45) is 1.67. The maximum Gasteiger partial charge on any atom is 0.231 e. The molecule has 0 saturated carbocycles. The predicted octanol–water partition coefficient (Wildman–Crippen LogP) is 4.76. The third kappa shape index (κ3) is 3.92. The van der Waals surface area contributed by atoms with Crippen LogP contribution < -0.4 is 14.8 Å². The SMILES string of the molecule is OC(c1ccccc1)(c1ccccc1)C1CCN(C(=S)Nc2ccc3c(c2)OCO3)CC1. The molecule has 0 unspecified atom stereocenters. The van der Waals surface area contributed by atoms with Crippen LogP contribution in [-0.2, 0) is 5.60 Å². The molecule has 0 spiro atoms. The highest BCUT2D eigenvalue weighted by Crippen LogP contribution is 2.42. The van der Waals surface area contributed by atoms with Gasteiger partial charge in [-0.3, -0.25) is 0 Å². The Hall–Kier alpha value is -3.09. The molecule has 0 amide bonds. The summed E-state index contributed by atoms with van der Waals surface area (Å²) in [5.74, 6) is 1.58. The van der Waals surface area contributed by atoms with Gasteiger partial charge in [-0.2, -0.15) is 0 Å². The fraction of sp³-hybridized carbons (Fsp3) is 0.269. The summed E-state index contributed by atoms with van der Waals surface area (Å²) < 4.78 is 10.8. The summed E-state index contributed by atoms with van der Waals surface area (Å²) in [5, 5.41) is 16.0. The number of rotatable bonds is 4. The van der Waals surface area contributed by atoms with E-state index in [0.29, 0.717) is 5.11 Å². The minimum atomic E-state index is -1.03. The van der Waals surface area contributed by atoms with Gasteiger partial charge in [0.2, 0.25) is 6.79 Å². The lowest BCUT2D eigenvalue weighted by atomic mass is 9.72. The van der Waals surface area contributed by atoms with Gasteiger partial charge in [0.25, 0.3) is 0 Å². The van der Waals surface area contributed by atoms with E-state index in [4.69, 9.17) is 21.7 Å². The van der Waals surface area contributed by atoms with Crippen LogP contribution >= 0.6 is 12.2 Å². The third-order valence-corrected chi connectivity index (χ3v) is 6.78. The molecule has 32 heavy (non-hydrogen) atoms. The number of hydrogen-bond donors (Lipinski definition) is 2. The maximum atomic E-state index is 12.0. The first kappa shape index (κ1) is 20.8. The molecule has 0 atom stereocenters. The number of thiocarbonyl (C=S) groups is 1. The molecule has 164 valence electrons. The lowest BCUT2D eigenvalue weighted by Gasteiger charge is -2.43. The molecule has 2 aliphatic rings. The van der Waals surface area contributed by atoms with Crippen LogP contribution in [0.3, 0.4) is 0 Å². The van der Waals surface area contributed by atoms with Crippen molar-refractivity contribution >= 4 is 23.0 Å². The number of aliphatic hydroxyl groups is 1. The molecule has 6 heteroatoms. The Balaban J connectivity index is 1.30. The van der Waals surface area contributed by atoms with Crippen molar-refractivity contribution in [2.45, 2.75) is 18.4 Å². The molecular weight excluding hydrogens is 420 g/mol. The topological polar surface area (TPSA) is 54.0 Å².